The third kappa shape index (κ3) is 6.26. The summed E-state index contributed by atoms with van der Waals surface area (Å²) in [6.45, 7) is 6.49. The molecule has 0 aliphatic heterocycles. The number of nitro groups is 1. The Kier molecular flexibility index (Phi) is 8.20. The molecule has 0 unspecified atom stereocenters. The lowest BCUT2D eigenvalue weighted by atomic mass is 10.1. The van der Waals surface area contributed by atoms with Gasteiger partial charge in [0.05, 0.1) is 23.6 Å². The van der Waals surface area contributed by atoms with Crippen molar-refractivity contribution in [3.05, 3.63) is 86.7 Å². The number of nitriles is 1. The SMILES string of the molecule is CCOC(=O)c1cccc([N+](=O)[O-])c1N(Cc1ccc(-n2c(Cl)ccc2C#N)cc1)C(=O)OC(C)(C)C. The summed E-state index contributed by atoms with van der Waals surface area (Å²) >= 11 is 6.22. The van der Waals surface area contributed by atoms with Crippen LogP contribution in [0.4, 0.5) is 16.2 Å². The van der Waals surface area contributed by atoms with Crippen LogP contribution in [0.2, 0.25) is 5.15 Å². The number of benzene rings is 2. The van der Waals surface area contributed by atoms with E-state index < -0.39 is 28.3 Å². The molecule has 2 aromatic carbocycles. The topological polar surface area (TPSA) is 128 Å². The molecule has 3 rings (SSSR count). The van der Waals surface area contributed by atoms with Gasteiger partial charge >= 0.3 is 12.1 Å². The van der Waals surface area contributed by atoms with Crippen molar-refractivity contribution in [1.29, 1.82) is 5.26 Å². The van der Waals surface area contributed by atoms with Crippen molar-refractivity contribution in [2.24, 2.45) is 0 Å². The summed E-state index contributed by atoms with van der Waals surface area (Å²) in [7, 11) is 0. The van der Waals surface area contributed by atoms with Crippen LogP contribution in [0.15, 0.2) is 54.6 Å². The van der Waals surface area contributed by atoms with E-state index in [1.165, 1.54) is 18.2 Å². The van der Waals surface area contributed by atoms with Gasteiger partial charge in [-0.1, -0.05) is 29.8 Å². The number of para-hydroxylation sites is 1. The molecule has 11 heteroatoms. The molecule has 0 fully saturated rings. The van der Waals surface area contributed by atoms with E-state index in [1.54, 1.807) is 68.7 Å². The van der Waals surface area contributed by atoms with Crippen molar-refractivity contribution in [3.8, 4) is 11.8 Å². The standard InChI is InChI=1S/C26H25ClN4O6/c1-5-36-24(32)20-7-6-8-21(31(34)35)23(20)29(25(33)37-26(2,3)4)16-17-9-11-18(12-10-17)30-19(15-28)13-14-22(30)27/h6-14H,5,16H2,1-4H3. The molecular weight excluding hydrogens is 500 g/mol. The van der Waals surface area contributed by atoms with Crippen LogP contribution in [0.1, 0.15) is 49.3 Å². The summed E-state index contributed by atoms with van der Waals surface area (Å²) in [5.74, 6) is -0.809. The van der Waals surface area contributed by atoms with Crippen LogP contribution in [-0.4, -0.2) is 33.8 Å². The number of esters is 1. The number of hydrogen-bond acceptors (Lipinski definition) is 7. The van der Waals surface area contributed by atoms with Gasteiger partial charge in [-0.15, -0.1) is 0 Å². The number of halogens is 1. The van der Waals surface area contributed by atoms with Crippen LogP contribution in [0.3, 0.4) is 0 Å². The van der Waals surface area contributed by atoms with E-state index in [0.29, 0.717) is 22.1 Å². The summed E-state index contributed by atoms with van der Waals surface area (Å²) in [5, 5.41) is 21.6. The van der Waals surface area contributed by atoms with Crippen LogP contribution >= 0.6 is 11.6 Å². The van der Waals surface area contributed by atoms with E-state index >= 15 is 0 Å². The lowest BCUT2D eigenvalue weighted by Crippen LogP contribution is -2.37. The maximum Gasteiger partial charge on any atom is 0.415 e. The van der Waals surface area contributed by atoms with Crippen molar-refractivity contribution in [1.82, 2.24) is 4.57 Å². The Labute approximate surface area is 218 Å². The van der Waals surface area contributed by atoms with E-state index in [1.807, 2.05) is 0 Å². The molecule has 1 aromatic heterocycles. The second kappa shape index (κ2) is 11.1. The summed E-state index contributed by atoms with van der Waals surface area (Å²) in [6.07, 6.45) is -0.878. The summed E-state index contributed by atoms with van der Waals surface area (Å²) in [6, 6.07) is 15.9. The number of carbonyl (C=O) groups is 2. The van der Waals surface area contributed by atoms with Crippen LogP contribution < -0.4 is 4.90 Å². The van der Waals surface area contributed by atoms with Gasteiger partial charge in [0.15, 0.2) is 0 Å². The molecule has 10 nitrogen and oxygen atoms in total. The largest absolute Gasteiger partial charge is 0.462 e. The van der Waals surface area contributed by atoms with Gasteiger partial charge < -0.3 is 9.47 Å². The number of hydrogen-bond donors (Lipinski definition) is 0. The Hall–Kier alpha value is -4.36. The predicted octanol–water partition coefficient (Wildman–Crippen LogP) is 6.03. The van der Waals surface area contributed by atoms with Gasteiger partial charge in [0.2, 0.25) is 0 Å². The lowest BCUT2D eigenvalue weighted by molar-refractivity contribution is -0.384. The number of nitrogens with zero attached hydrogens (tertiary/aromatic N) is 4. The summed E-state index contributed by atoms with van der Waals surface area (Å²) < 4.78 is 12.2. The quantitative estimate of drug-likeness (QED) is 0.210. The minimum atomic E-state index is -0.911. The van der Waals surface area contributed by atoms with Crippen LogP contribution in [0.5, 0.6) is 0 Å². The highest BCUT2D eigenvalue weighted by molar-refractivity contribution is 6.30. The molecule has 192 valence electrons. The third-order valence-corrected chi connectivity index (χ3v) is 5.37. The highest BCUT2D eigenvalue weighted by atomic mass is 35.5. The van der Waals surface area contributed by atoms with E-state index in [2.05, 4.69) is 6.07 Å². The van der Waals surface area contributed by atoms with Crippen molar-refractivity contribution in [2.45, 2.75) is 39.8 Å². The molecular formula is C26H25ClN4O6. The van der Waals surface area contributed by atoms with Gasteiger partial charge in [-0.25, -0.2) is 9.59 Å². The Bertz CT molecular complexity index is 1370. The number of anilines is 1. The minimum absolute atomic E-state index is 0.0432. The Balaban J connectivity index is 2.11. The maximum atomic E-state index is 13.3. The second-order valence-electron chi connectivity index (χ2n) is 8.87. The number of carbonyl (C=O) groups excluding carboxylic acids is 2. The van der Waals surface area contributed by atoms with Crippen molar-refractivity contribution >= 4 is 35.0 Å². The fourth-order valence-electron chi connectivity index (χ4n) is 3.58. The Morgan fingerprint density at radius 1 is 1.14 bits per heavy atom. The Morgan fingerprint density at radius 2 is 1.81 bits per heavy atom. The molecule has 0 radical (unpaired) electrons. The first kappa shape index (κ1) is 27.2. The first-order valence-corrected chi connectivity index (χ1v) is 11.7. The normalized spacial score (nSPS) is 10.9. The van der Waals surface area contributed by atoms with Crippen molar-refractivity contribution in [3.63, 3.8) is 0 Å². The molecule has 0 atom stereocenters. The van der Waals surface area contributed by atoms with Gasteiger partial charge in [-0.05, 0) is 63.6 Å². The highest BCUT2D eigenvalue weighted by Gasteiger charge is 2.33. The monoisotopic (exact) mass is 524 g/mol. The predicted molar refractivity (Wildman–Crippen MR) is 137 cm³/mol. The molecule has 3 aromatic rings. The van der Waals surface area contributed by atoms with Gasteiger partial charge in [0.1, 0.15) is 28.2 Å². The van der Waals surface area contributed by atoms with Gasteiger partial charge in [0, 0.05) is 11.8 Å². The summed E-state index contributed by atoms with van der Waals surface area (Å²) in [5.41, 5.74) is -0.216. The van der Waals surface area contributed by atoms with Crippen molar-refractivity contribution < 1.29 is 24.0 Å². The second-order valence-corrected chi connectivity index (χ2v) is 9.26. The number of aromatic nitrogens is 1. The number of amides is 1. The zero-order valence-electron chi connectivity index (χ0n) is 20.7. The van der Waals surface area contributed by atoms with E-state index in [4.69, 9.17) is 21.1 Å². The van der Waals surface area contributed by atoms with Gasteiger partial charge in [-0.2, -0.15) is 5.26 Å². The molecule has 37 heavy (non-hydrogen) atoms. The highest BCUT2D eigenvalue weighted by Crippen LogP contribution is 2.35. The zero-order chi connectivity index (χ0) is 27.3. The molecule has 0 spiro atoms. The average Bonchev–Trinajstić information content (AvgIpc) is 3.21. The molecule has 0 bridgehead atoms. The average molecular weight is 525 g/mol. The molecule has 0 aliphatic rings. The van der Waals surface area contributed by atoms with Gasteiger partial charge in [-0.3, -0.25) is 19.6 Å². The third-order valence-electron chi connectivity index (χ3n) is 5.07. The molecule has 1 amide bonds. The first-order chi connectivity index (χ1) is 17.5. The number of nitro benzene ring substituents is 1. The minimum Gasteiger partial charge on any atom is -0.462 e. The zero-order valence-corrected chi connectivity index (χ0v) is 21.5. The van der Waals surface area contributed by atoms with Crippen molar-refractivity contribution in [2.75, 3.05) is 11.5 Å². The summed E-state index contributed by atoms with van der Waals surface area (Å²) in [4.78, 5) is 38.3. The van der Waals surface area contributed by atoms with E-state index in [-0.39, 0.29) is 24.4 Å². The number of rotatable bonds is 7. The molecule has 1 heterocycles. The van der Waals surface area contributed by atoms with Crippen LogP contribution in [0, 0.1) is 21.4 Å². The van der Waals surface area contributed by atoms with E-state index in [9.17, 15) is 25.0 Å². The smallest absolute Gasteiger partial charge is 0.415 e. The number of ether oxygens (including phenoxy) is 2. The molecule has 0 N–H and O–H groups in total. The van der Waals surface area contributed by atoms with Crippen LogP contribution in [-0.2, 0) is 16.0 Å². The van der Waals surface area contributed by atoms with Gasteiger partial charge in [0.25, 0.3) is 5.69 Å². The first-order valence-electron chi connectivity index (χ1n) is 11.3. The Morgan fingerprint density at radius 3 is 2.38 bits per heavy atom. The fraction of sp³-hybridized carbons (Fsp3) is 0.269. The molecule has 0 saturated heterocycles. The lowest BCUT2D eigenvalue weighted by Gasteiger charge is -2.28. The van der Waals surface area contributed by atoms with E-state index in [0.717, 1.165) is 4.90 Å². The van der Waals surface area contributed by atoms with Crippen LogP contribution in [0.25, 0.3) is 5.69 Å². The maximum absolute atomic E-state index is 13.3. The molecule has 0 saturated carbocycles. The molecule has 0 aliphatic carbocycles. The fourth-order valence-corrected chi connectivity index (χ4v) is 3.83.